The zero-order valence-corrected chi connectivity index (χ0v) is 18.3. The van der Waals surface area contributed by atoms with Gasteiger partial charge in [0.2, 0.25) is 0 Å². The lowest BCUT2D eigenvalue weighted by Crippen LogP contribution is -2.50. The molecule has 1 aromatic heterocycles. The monoisotopic (exact) mass is 432 g/mol. The van der Waals surface area contributed by atoms with Gasteiger partial charge in [-0.25, -0.2) is 5.01 Å². The number of thioether (sulfide) groups is 1. The second-order valence-electron chi connectivity index (χ2n) is 7.31. The number of thiophene rings is 1. The minimum Gasteiger partial charge on any atom is -0.298 e. The van der Waals surface area contributed by atoms with Crippen LogP contribution in [0.4, 0.5) is 0 Å². The summed E-state index contributed by atoms with van der Waals surface area (Å²) < 4.78 is 0. The van der Waals surface area contributed by atoms with Gasteiger partial charge in [0.15, 0.2) is 11.3 Å². The van der Waals surface area contributed by atoms with E-state index >= 15 is 0 Å². The van der Waals surface area contributed by atoms with E-state index < -0.39 is 0 Å². The predicted octanol–water partition coefficient (Wildman–Crippen LogP) is 3.44. The molecule has 3 aromatic rings. The Hall–Kier alpha value is -2.90. The van der Waals surface area contributed by atoms with Crippen LogP contribution in [0.1, 0.15) is 27.7 Å². The van der Waals surface area contributed by atoms with E-state index in [4.69, 9.17) is 10.1 Å². The van der Waals surface area contributed by atoms with Gasteiger partial charge in [0.25, 0.3) is 5.91 Å². The average Bonchev–Trinajstić information content (AvgIpc) is 3.18. The van der Waals surface area contributed by atoms with Crippen LogP contribution in [0.25, 0.3) is 5.70 Å². The highest BCUT2D eigenvalue weighted by Crippen LogP contribution is 2.35. The number of amidine groups is 1. The highest BCUT2D eigenvalue weighted by atomic mass is 32.2. The molecule has 30 heavy (non-hydrogen) atoms. The fourth-order valence-corrected chi connectivity index (χ4v) is 5.30. The van der Waals surface area contributed by atoms with Crippen molar-refractivity contribution in [3.63, 3.8) is 0 Å². The van der Waals surface area contributed by atoms with E-state index in [1.54, 1.807) is 16.3 Å². The molecule has 2 aromatic carbocycles. The van der Waals surface area contributed by atoms with E-state index in [2.05, 4.69) is 54.9 Å². The molecule has 2 aliphatic rings. The number of hydrogen-bond acceptors (Lipinski definition) is 6. The second kappa shape index (κ2) is 7.74. The predicted molar refractivity (Wildman–Crippen MR) is 122 cm³/mol. The first-order chi connectivity index (χ1) is 14.6. The fourth-order valence-electron chi connectivity index (χ4n) is 3.55. The van der Waals surface area contributed by atoms with Crippen molar-refractivity contribution in [1.29, 1.82) is 0 Å². The number of rotatable bonds is 3. The van der Waals surface area contributed by atoms with E-state index in [1.165, 1.54) is 22.9 Å². The van der Waals surface area contributed by atoms with Crippen molar-refractivity contribution in [1.82, 2.24) is 10.3 Å². The molecule has 1 unspecified atom stereocenters. The van der Waals surface area contributed by atoms with Gasteiger partial charge in [-0.05, 0) is 42.5 Å². The first-order valence-corrected chi connectivity index (χ1v) is 11.6. The van der Waals surface area contributed by atoms with Gasteiger partial charge in [0, 0.05) is 11.0 Å². The third-order valence-electron chi connectivity index (χ3n) is 5.15. The fraction of sp³-hybridized carbons (Fsp3) is 0.174. The third kappa shape index (κ3) is 3.44. The molecule has 150 valence electrons. The van der Waals surface area contributed by atoms with Crippen molar-refractivity contribution in [2.45, 2.75) is 25.8 Å². The SMILES string of the molecule is Cc1ccc(CSC2=NN3C(=c4ccccc4=NC3c3sccc3C)C(=O)N2)cc1. The lowest BCUT2D eigenvalue weighted by atomic mass is 10.1. The van der Waals surface area contributed by atoms with Crippen molar-refractivity contribution in [2.75, 3.05) is 0 Å². The molecule has 1 amide bonds. The average molecular weight is 433 g/mol. The number of carbonyl (C=O) groups excluding carboxylic acids is 1. The summed E-state index contributed by atoms with van der Waals surface area (Å²) in [5, 5.41) is 13.9. The van der Waals surface area contributed by atoms with Crippen LogP contribution >= 0.6 is 23.1 Å². The van der Waals surface area contributed by atoms with Crippen molar-refractivity contribution in [3.8, 4) is 0 Å². The van der Waals surface area contributed by atoms with E-state index in [0.717, 1.165) is 26.8 Å². The first kappa shape index (κ1) is 19.1. The van der Waals surface area contributed by atoms with Gasteiger partial charge >= 0.3 is 0 Å². The summed E-state index contributed by atoms with van der Waals surface area (Å²) in [5.74, 6) is 0.594. The highest BCUT2D eigenvalue weighted by Gasteiger charge is 2.35. The summed E-state index contributed by atoms with van der Waals surface area (Å²) in [4.78, 5) is 19.2. The number of para-hydroxylation sites is 1. The smallest absolute Gasteiger partial charge is 0.276 e. The van der Waals surface area contributed by atoms with Gasteiger partial charge in [-0.2, -0.15) is 0 Å². The zero-order chi connectivity index (χ0) is 20.7. The highest BCUT2D eigenvalue weighted by molar-refractivity contribution is 8.13. The third-order valence-corrected chi connectivity index (χ3v) is 7.14. The Morgan fingerprint density at radius 1 is 1.10 bits per heavy atom. The summed E-state index contributed by atoms with van der Waals surface area (Å²) in [6, 6.07) is 18.2. The van der Waals surface area contributed by atoms with Gasteiger partial charge in [-0.15, -0.1) is 16.4 Å². The van der Waals surface area contributed by atoms with Gasteiger partial charge < -0.3 is 0 Å². The molecule has 0 spiro atoms. The van der Waals surface area contributed by atoms with Crippen molar-refractivity contribution in [3.05, 3.63) is 92.1 Å². The standard InChI is InChI=1S/C23H20N4OS2/c1-14-7-9-16(10-8-14)13-30-23-25-22(28)19-17-5-3-4-6-18(17)24-21(27(19)26-23)20-15(2)11-12-29-20/h3-12,21H,13H2,1-2H3,(H,25,26,28). The maximum Gasteiger partial charge on any atom is 0.276 e. The van der Waals surface area contributed by atoms with Gasteiger partial charge in [0.1, 0.15) is 5.70 Å². The molecule has 0 saturated carbocycles. The van der Waals surface area contributed by atoms with Crippen LogP contribution in [0.3, 0.4) is 0 Å². The maximum absolute atomic E-state index is 13.1. The number of aryl methyl sites for hydroxylation is 2. The number of amides is 1. The molecule has 0 radical (unpaired) electrons. The second-order valence-corrected chi connectivity index (χ2v) is 9.23. The van der Waals surface area contributed by atoms with E-state index in [9.17, 15) is 4.79 Å². The topological polar surface area (TPSA) is 57.1 Å². The molecular weight excluding hydrogens is 412 g/mol. The summed E-state index contributed by atoms with van der Waals surface area (Å²) >= 11 is 3.17. The normalized spacial score (nSPS) is 17.6. The molecule has 0 saturated heterocycles. The van der Waals surface area contributed by atoms with Crippen molar-refractivity contribution in [2.24, 2.45) is 10.1 Å². The number of nitrogens with zero attached hydrogens (tertiary/aromatic N) is 3. The molecule has 5 nitrogen and oxygen atoms in total. The lowest BCUT2D eigenvalue weighted by molar-refractivity contribution is -0.116. The van der Waals surface area contributed by atoms with Crippen LogP contribution in [0, 0.1) is 13.8 Å². The van der Waals surface area contributed by atoms with E-state index in [0.29, 0.717) is 10.9 Å². The van der Waals surface area contributed by atoms with Crippen LogP contribution in [-0.4, -0.2) is 16.1 Å². The van der Waals surface area contributed by atoms with Crippen LogP contribution < -0.4 is 15.9 Å². The molecular formula is C23H20N4OS2. The zero-order valence-electron chi connectivity index (χ0n) is 16.6. The number of benzene rings is 2. The molecule has 0 fully saturated rings. The summed E-state index contributed by atoms with van der Waals surface area (Å²) in [6.45, 7) is 4.15. The molecule has 7 heteroatoms. The Kier molecular flexibility index (Phi) is 4.92. The molecule has 0 bridgehead atoms. The Bertz CT molecular complexity index is 1280. The van der Waals surface area contributed by atoms with Crippen LogP contribution in [0.5, 0.6) is 0 Å². The number of hydrazone groups is 1. The number of hydrogen-bond donors (Lipinski definition) is 1. The lowest BCUT2D eigenvalue weighted by Gasteiger charge is -2.33. The maximum atomic E-state index is 13.1. The first-order valence-electron chi connectivity index (χ1n) is 9.69. The minimum absolute atomic E-state index is 0.141. The molecule has 1 atom stereocenters. The Morgan fingerprint density at radius 2 is 1.90 bits per heavy atom. The number of fused-ring (bicyclic) bond motifs is 2. The van der Waals surface area contributed by atoms with Gasteiger partial charge in [-0.1, -0.05) is 59.8 Å². The van der Waals surface area contributed by atoms with Crippen molar-refractivity contribution < 1.29 is 4.79 Å². The van der Waals surface area contributed by atoms with E-state index in [1.807, 2.05) is 24.3 Å². The van der Waals surface area contributed by atoms with Gasteiger partial charge in [-0.3, -0.25) is 15.1 Å². The largest absolute Gasteiger partial charge is 0.298 e. The molecule has 1 N–H and O–H groups in total. The number of nitrogens with one attached hydrogen (secondary N) is 1. The summed E-state index contributed by atoms with van der Waals surface area (Å²) in [5.41, 5.74) is 4.13. The van der Waals surface area contributed by atoms with Crippen LogP contribution in [0.15, 0.2) is 70.1 Å². The minimum atomic E-state index is -0.337. The Labute approximate surface area is 182 Å². The quantitative estimate of drug-likeness (QED) is 0.690. The molecule has 5 rings (SSSR count). The van der Waals surface area contributed by atoms with E-state index in [-0.39, 0.29) is 12.1 Å². The molecule has 2 aliphatic heterocycles. The summed E-state index contributed by atoms with van der Waals surface area (Å²) in [6.07, 6.45) is -0.337. The Balaban J connectivity index is 1.55. The van der Waals surface area contributed by atoms with Crippen LogP contribution in [-0.2, 0) is 10.5 Å². The Morgan fingerprint density at radius 3 is 2.67 bits per heavy atom. The molecule has 0 aliphatic carbocycles. The van der Waals surface area contributed by atoms with Crippen LogP contribution in [0.2, 0.25) is 0 Å². The number of carbonyl (C=O) groups is 1. The van der Waals surface area contributed by atoms with Gasteiger partial charge in [0.05, 0.1) is 10.2 Å². The summed E-state index contributed by atoms with van der Waals surface area (Å²) in [7, 11) is 0. The van der Waals surface area contributed by atoms with Crippen molar-refractivity contribution >= 4 is 39.9 Å². The molecule has 3 heterocycles.